The molecule has 0 amide bonds. The van der Waals surface area contributed by atoms with Crippen molar-refractivity contribution in [1.82, 2.24) is 0 Å². The maximum Gasteiger partial charge on any atom is 0.374 e. The molecule has 0 saturated carbocycles. The predicted molar refractivity (Wildman–Crippen MR) is 74.2 cm³/mol. The smallest absolute Gasteiger partial charge is 0.374 e. The van der Waals surface area contributed by atoms with Gasteiger partial charge in [-0.2, -0.15) is 0 Å². The summed E-state index contributed by atoms with van der Waals surface area (Å²) in [5.74, 6) is -1.84. The largest absolute Gasteiger partial charge is 0.502 e. The van der Waals surface area contributed by atoms with E-state index in [2.05, 4.69) is 6.92 Å². The molecular formula is C15H24O5. The van der Waals surface area contributed by atoms with Gasteiger partial charge >= 0.3 is 11.9 Å². The Kier molecular flexibility index (Phi) is 6.05. The molecule has 1 aliphatic heterocycles. The molecule has 0 aromatic heterocycles. The van der Waals surface area contributed by atoms with Crippen LogP contribution in [0.3, 0.4) is 0 Å². The number of esters is 2. The topological polar surface area (TPSA) is 72.8 Å². The standard InChI is InChI=1S/C15H24O5/c1-4-6-8-10-15(14(18)19-3)11(9-7-5-2)12(16)13(17)20-15/h16H,4-10H2,1-3H3. The summed E-state index contributed by atoms with van der Waals surface area (Å²) in [4.78, 5) is 23.8. The molecule has 1 rings (SSSR count). The Morgan fingerprint density at radius 2 is 1.90 bits per heavy atom. The molecule has 0 aliphatic carbocycles. The summed E-state index contributed by atoms with van der Waals surface area (Å²) in [6.07, 6.45) is 5.17. The average Bonchev–Trinajstić information content (AvgIpc) is 2.69. The molecule has 0 radical (unpaired) electrons. The molecule has 0 spiro atoms. The summed E-state index contributed by atoms with van der Waals surface area (Å²) >= 11 is 0. The van der Waals surface area contributed by atoms with Gasteiger partial charge < -0.3 is 14.6 Å². The molecular weight excluding hydrogens is 260 g/mol. The maximum absolute atomic E-state index is 12.2. The van der Waals surface area contributed by atoms with Crippen molar-refractivity contribution < 1.29 is 24.2 Å². The quantitative estimate of drug-likeness (QED) is 0.548. The monoisotopic (exact) mass is 284 g/mol. The third kappa shape index (κ3) is 3.14. The van der Waals surface area contributed by atoms with E-state index in [1.54, 1.807) is 0 Å². The van der Waals surface area contributed by atoms with E-state index in [9.17, 15) is 14.7 Å². The molecule has 20 heavy (non-hydrogen) atoms. The van der Waals surface area contributed by atoms with Gasteiger partial charge in [-0.15, -0.1) is 0 Å². The number of carbonyl (C=O) groups excluding carboxylic acids is 2. The Labute approximate surface area is 119 Å². The van der Waals surface area contributed by atoms with Crippen LogP contribution in [0.2, 0.25) is 0 Å². The first-order valence-corrected chi connectivity index (χ1v) is 7.27. The van der Waals surface area contributed by atoms with Crippen molar-refractivity contribution in [3.05, 3.63) is 11.3 Å². The Bertz CT molecular complexity index is 399. The number of carbonyl (C=O) groups is 2. The van der Waals surface area contributed by atoms with Gasteiger partial charge in [-0.25, -0.2) is 9.59 Å². The molecule has 0 fully saturated rings. The highest BCUT2D eigenvalue weighted by atomic mass is 16.6. The van der Waals surface area contributed by atoms with Gasteiger partial charge in [0.05, 0.1) is 7.11 Å². The molecule has 0 aromatic carbocycles. The minimum absolute atomic E-state index is 0.363. The fourth-order valence-corrected chi connectivity index (χ4v) is 2.51. The molecule has 0 saturated heterocycles. The average molecular weight is 284 g/mol. The van der Waals surface area contributed by atoms with Crippen molar-refractivity contribution in [2.75, 3.05) is 7.11 Å². The number of methoxy groups -OCH3 is 1. The van der Waals surface area contributed by atoms with E-state index < -0.39 is 23.3 Å². The number of cyclic esters (lactones) is 1. The molecule has 1 heterocycles. The van der Waals surface area contributed by atoms with Crippen LogP contribution in [0.5, 0.6) is 0 Å². The molecule has 1 N–H and O–H groups in total. The highest BCUT2D eigenvalue weighted by Crippen LogP contribution is 2.40. The van der Waals surface area contributed by atoms with Gasteiger partial charge in [0.15, 0.2) is 0 Å². The summed E-state index contributed by atoms with van der Waals surface area (Å²) in [5, 5.41) is 9.92. The number of unbranched alkanes of at least 4 members (excludes halogenated alkanes) is 3. The zero-order chi connectivity index (χ0) is 15.2. The van der Waals surface area contributed by atoms with Crippen LogP contribution in [0.25, 0.3) is 0 Å². The van der Waals surface area contributed by atoms with Gasteiger partial charge in [-0.05, 0) is 19.3 Å². The van der Waals surface area contributed by atoms with Crippen LogP contribution in [0, 0.1) is 0 Å². The lowest BCUT2D eigenvalue weighted by atomic mass is 9.85. The molecule has 0 aromatic rings. The summed E-state index contributed by atoms with van der Waals surface area (Å²) < 4.78 is 10.0. The van der Waals surface area contributed by atoms with Gasteiger partial charge in [0.25, 0.3) is 0 Å². The van der Waals surface area contributed by atoms with E-state index in [1.807, 2.05) is 6.92 Å². The van der Waals surface area contributed by atoms with Crippen LogP contribution < -0.4 is 0 Å². The zero-order valence-corrected chi connectivity index (χ0v) is 12.5. The van der Waals surface area contributed by atoms with E-state index in [-0.39, 0.29) is 0 Å². The Morgan fingerprint density at radius 1 is 1.25 bits per heavy atom. The third-order valence-electron chi connectivity index (χ3n) is 3.66. The molecule has 1 aliphatic rings. The zero-order valence-electron chi connectivity index (χ0n) is 12.5. The summed E-state index contributed by atoms with van der Waals surface area (Å²) in [5.41, 5.74) is -1.03. The molecule has 5 nitrogen and oxygen atoms in total. The van der Waals surface area contributed by atoms with Crippen molar-refractivity contribution in [3.63, 3.8) is 0 Å². The highest BCUT2D eigenvalue weighted by molar-refractivity contribution is 5.98. The fraction of sp³-hybridized carbons (Fsp3) is 0.733. The number of hydrogen-bond donors (Lipinski definition) is 1. The molecule has 1 atom stereocenters. The molecule has 5 heteroatoms. The lowest BCUT2D eigenvalue weighted by Gasteiger charge is -2.27. The van der Waals surface area contributed by atoms with Gasteiger partial charge in [0.1, 0.15) is 0 Å². The van der Waals surface area contributed by atoms with Crippen LogP contribution in [0.4, 0.5) is 0 Å². The highest BCUT2D eigenvalue weighted by Gasteiger charge is 2.53. The Balaban J connectivity index is 3.06. The third-order valence-corrected chi connectivity index (χ3v) is 3.66. The fourth-order valence-electron chi connectivity index (χ4n) is 2.51. The Morgan fingerprint density at radius 3 is 2.45 bits per heavy atom. The van der Waals surface area contributed by atoms with Gasteiger partial charge in [0, 0.05) is 12.0 Å². The SMILES string of the molecule is CCCCCC1(C(=O)OC)OC(=O)C(O)=C1CCCC. The second-order valence-electron chi connectivity index (χ2n) is 5.10. The number of aliphatic hydroxyl groups is 1. The normalized spacial score (nSPS) is 22.1. The van der Waals surface area contributed by atoms with Crippen molar-refractivity contribution in [2.45, 2.75) is 64.4 Å². The summed E-state index contributed by atoms with van der Waals surface area (Å²) in [6, 6.07) is 0. The second-order valence-corrected chi connectivity index (χ2v) is 5.10. The lowest BCUT2D eigenvalue weighted by molar-refractivity contribution is -0.172. The first-order valence-electron chi connectivity index (χ1n) is 7.27. The van der Waals surface area contributed by atoms with Gasteiger partial charge in [-0.1, -0.05) is 33.1 Å². The lowest BCUT2D eigenvalue weighted by Crippen LogP contribution is -2.42. The number of aliphatic hydroxyl groups excluding tert-OH is 1. The minimum atomic E-state index is -1.42. The van der Waals surface area contributed by atoms with E-state index in [4.69, 9.17) is 9.47 Å². The van der Waals surface area contributed by atoms with Crippen LogP contribution in [-0.4, -0.2) is 29.8 Å². The second kappa shape index (κ2) is 7.31. The van der Waals surface area contributed by atoms with Crippen molar-refractivity contribution >= 4 is 11.9 Å². The minimum Gasteiger partial charge on any atom is -0.502 e. The summed E-state index contributed by atoms with van der Waals surface area (Å²) in [7, 11) is 1.27. The van der Waals surface area contributed by atoms with Crippen molar-refractivity contribution in [3.8, 4) is 0 Å². The van der Waals surface area contributed by atoms with Crippen LogP contribution in [0.1, 0.15) is 58.8 Å². The van der Waals surface area contributed by atoms with E-state index >= 15 is 0 Å². The first kappa shape index (κ1) is 16.5. The Hall–Kier alpha value is -1.52. The number of rotatable bonds is 8. The first-order chi connectivity index (χ1) is 9.53. The number of ether oxygens (including phenoxy) is 2. The van der Waals surface area contributed by atoms with Gasteiger partial charge in [-0.3, -0.25) is 0 Å². The van der Waals surface area contributed by atoms with E-state index in [0.29, 0.717) is 18.4 Å². The van der Waals surface area contributed by atoms with Crippen LogP contribution >= 0.6 is 0 Å². The summed E-state index contributed by atoms with van der Waals surface area (Å²) in [6.45, 7) is 4.06. The number of hydrogen-bond acceptors (Lipinski definition) is 5. The maximum atomic E-state index is 12.2. The van der Waals surface area contributed by atoms with Crippen LogP contribution in [0.15, 0.2) is 11.3 Å². The molecule has 114 valence electrons. The van der Waals surface area contributed by atoms with Crippen molar-refractivity contribution in [1.29, 1.82) is 0 Å². The van der Waals surface area contributed by atoms with Crippen molar-refractivity contribution in [2.24, 2.45) is 0 Å². The predicted octanol–water partition coefficient (Wildman–Crippen LogP) is 3.04. The van der Waals surface area contributed by atoms with Crippen LogP contribution in [-0.2, 0) is 19.1 Å². The molecule has 1 unspecified atom stereocenters. The van der Waals surface area contributed by atoms with E-state index in [0.717, 1.165) is 32.1 Å². The molecule has 0 bridgehead atoms. The van der Waals surface area contributed by atoms with Gasteiger partial charge in [0.2, 0.25) is 11.4 Å². The van der Waals surface area contributed by atoms with E-state index in [1.165, 1.54) is 7.11 Å².